The van der Waals surface area contributed by atoms with Crippen molar-refractivity contribution in [2.45, 2.75) is 39.2 Å². The second-order valence-electron chi connectivity index (χ2n) is 4.60. The predicted octanol–water partition coefficient (Wildman–Crippen LogP) is 0.817. The molecule has 1 N–H and O–H groups in total. The number of rotatable bonds is 8. The SMILES string of the molecule is CCNCCCS(=O)(=O)N1CCCC(OCC)C1. The monoisotopic (exact) mass is 278 g/mol. The van der Waals surface area contributed by atoms with E-state index in [2.05, 4.69) is 5.32 Å². The fourth-order valence-corrected chi connectivity index (χ4v) is 3.78. The lowest BCUT2D eigenvalue weighted by atomic mass is 10.1. The number of piperidine rings is 1. The smallest absolute Gasteiger partial charge is 0.214 e. The summed E-state index contributed by atoms with van der Waals surface area (Å²) in [5.74, 6) is 0.235. The lowest BCUT2D eigenvalue weighted by Crippen LogP contribution is -2.44. The molecule has 0 saturated carbocycles. The molecular formula is C12H26N2O3S. The second kappa shape index (κ2) is 8.09. The Morgan fingerprint density at radius 2 is 2.17 bits per heavy atom. The molecule has 0 spiro atoms. The molecule has 0 bridgehead atoms. The van der Waals surface area contributed by atoms with Gasteiger partial charge >= 0.3 is 0 Å². The van der Waals surface area contributed by atoms with Crippen molar-refractivity contribution in [3.8, 4) is 0 Å². The van der Waals surface area contributed by atoms with Gasteiger partial charge in [0, 0.05) is 19.7 Å². The lowest BCUT2D eigenvalue weighted by molar-refractivity contribution is 0.0265. The first kappa shape index (κ1) is 15.9. The van der Waals surface area contributed by atoms with E-state index in [1.807, 2.05) is 13.8 Å². The first-order chi connectivity index (χ1) is 8.60. The first-order valence-electron chi connectivity index (χ1n) is 6.90. The Labute approximate surface area is 111 Å². The zero-order chi connectivity index (χ0) is 13.4. The van der Waals surface area contributed by atoms with Crippen LogP contribution in [0.25, 0.3) is 0 Å². The summed E-state index contributed by atoms with van der Waals surface area (Å²) in [5, 5.41) is 3.15. The fourth-order valence-electron chi connectivity index (χ4n) is 2.21. The van der Waals surface area contributed by atoms with Gasteiger partial charge in [-0.25, -0.2) is 8.42 Å². The van der Waals surface area contributed by atoms with E-state index in [1.165, 1.54) is 0 Å². The third kappa shape index (κ3) is 5.22. The maximum Gasteiger partial charge on any atom is 0.214 e. The van der Waals surface area contributed by atoms with E-state index in [0.717, 1.165) is 25.9 Å². The first-order valence-corrected chi connectivity index (χ1v) is 8.51. The number of sulfonamides is 1. The van der Waals surface area contributed by atoms with Gasteiger partial charge in [0.2, 0.25) is 10.0 Å². The molecule has 1 rings (SSSR count). The van der Waals surface area contributed by atoms with E-state index >= 15 is 0 Å². The Morgan fingerprint density at radius 1 is 1.39 bits per heavy atom. The third-order valence-electron chi connectivity index (χ3n) is 3.14. The van der Waals surface area contributed by atoms with E-state index in [1.54, 1.807) is 4.31 Å². The Bertz CT molecular complexity index is 317. The molecule has 18 heavy (non-hydrogen) atoms. The van der Waals surface area contributed by atoms with Crippen LogP contribution in [0.5, 0.6) is 0 Å². The molecule has 1 unspecified atom stereocenters. The summed E-state index contributed by atoms with van der Waals surface area (Å²) in [7, 11) is -3.10. The molecular weight excluding hydrogens is 252 g/mol. The van der Waals surface area contributed by atoms with Gasteiger partial charge in [-0.15, -0.1) is 0 Å². The molecule has 1 aliphatic heterocycles. The van der Waals surface area contributed by atoms with Crippen molar-refractivity contribution in [3.05, 3.63) is 0 Å². The van der Waals surface area contributed by atoms with Gasteiger partial charge in [-0.2, -0.15) is 4.31 Å². The molecule has 0 aliphatic carbocycles. The number of nitrogens with zero attached hydrogens (tertiary/aromatic N) is 1. The molecule has 1 saturated heterocycles. The summed E-state index contributed by atoms with van der Waals surface area (Å²) in [5.41, 5.74) is 0. The van der Waals surface area contributed by atoms with Crippen molar-refractivity contribution in [1.82, 2.24) is 9.62 Å². The lowest BCUT2D eigenvalue weighted by Gasteiger charge is -2.31. The minimum Gasteiger partial charge on any atom is -0.377 e. The highest BCUT2D eigenvalue weighted by Crippen LogP contribution is 2.17. The molecule has 1 fully saturated rings. The summed E-state index contributed by atoms with van der Waals surface area (Å²) in [6, 6.07) is 0. The highest BCUT2D eigenvalue weighted by atomic mass is 32.2. The Kier molecular flexibility index (Phi) is 7.14. The second-order valence-corrected chi connectivity index (χ2v) is 6.69. The maximum absolute atomic E-state index is 12.1. The largest absolute Gasteiger partial charge is 0.377 e. The molecule has 0 aromatic heterocycles. The van der Waals surface area contributed by atoms with Crippen LogP contribution in [-0.2, 0) is 14.8 Å². The van der Waals surface area contributed by atoms with Crippen LogP contribution in [0, 0.1) is 0 Å². The van der Waals surface area contributed by atoms with E-state index in [9.17, 15) is 8.42 Å². The zero-order valence-electron chi connectivity index (χ0n) is 11.5. The van der Waals surface area contributed by atoms with Crippen LogP contribution in [-0.4, -0.2) is 57.4 Å². The quantitative estimate of drug-likeness (QED) is 0.668. The van der Waals surface area contributed by atoms with Crippen molar-refractivity contribution in [2.24, 2.45) is 0 Å². The molecule has 1 aliphatic rings. The van der Waals surface area contributed by atoms with Crippen molar-refractivity contribution in [1.29, 1.82) is 0 Å². The summed E-state index contributed by atoms with van der Waals surface area (Å²) >= 11 is 0. The Balaban J connectivity index is 2.40. The predicted molar refractivity (Wildman–Crippen MR) is 73.2 cm³/mol. The molecule has 6 heteroatoms. The van der Waals surface area contributed by atoms with E-state index in [-0.39, 0.29) is 11.9 Å². The number of hydrogen-bond donors (Lipinski definition) is 1. The van der Waals surface area contributed by atoms with E-state index < -0.39 is 10.0 Å². The van der Waals surface area contributed by atoms with Crippen molar-refractivity contribution in [2.75, 3.05) is 38.5 Å². The van der Waals surface area contributed by atoms with Gasteiger partial charge in [0.25, 0.3) is 0 Å². The van der Waals surface area contributed by atoms with Crippen LogP contribution in [0.4, 0.5) is 0 Å². The van der Waals surface area contributed by atoms with Crippen LogP contribution < -0.4 is 5.32 Å². The Morgan fingerprint density at radius 3 is 2.83 bits per heavy atom. The average molecular weight is 278 g/mol. The summed E-state index contributed by atoms with van der Waals surface area (Å²) < 4.78 is 31.4. The van der Waals surface area contributed by atoms with E-state index in [4.69, 9.17) is 4.74 Å². The summed E-state index contributed by atoms with van der Waals surface area (Å²) in [6.07, 6.45) is 2.62. The highest BCUT2D eigenvalue weighted by molar-refractivity contribution is 7.89. The molecule has 0 radical (unpaired) electrons. The normalized spacial score (nSPS) is 22.2. The Hall–Kier alpha value is -0.170. The summed E-state index contributed by atoms with van der Waals surface area (Å²) in [6.45, 7) is 7.44. The maximum atomic E-state index is 12.1. The molecule has 5 nitrogen and oxygen atoms in total. The van der Waals surface area contributed by atoms with Gasteiger partial charge in [0.15, 0.2) is 0 Å². The van der Waals surface area contributed by atoms with Crippen LogP contribution in [0.1, 0.15) is 33.1 Å². The van der Waals surface area contributed by atoms with Crippen LogP contribution >= 0.6 is 0 Å². The molecule has 108 valence electrons. The minimum absolute atomic E-state index is 0.0762. The third-order valence-corrected chi connectivity index (χ3v) is 5.07. The van der Waals surface area contributed by atoms with Gasteiger partial charge in [0.1, 0.15) is 0 Å². The van der Waals surface area contributed by atoms with Crippen molar-refractivity contribution < 1.29 is 13.2 Å². The molecule has 1 atom stereocenters. The van der Waals surface area contributed by atoms with Crippen molar-refractivity contribution in [3.63, 3.8) is 0 Å². The van der Waals surface area contributed by atoms with Gasteiger partial charge in [-0.1, -0.05) is 6.92 Å². The standard InChI is InChI=1S/C12H26N2O3S/c1-3-13-8-6-10-18(15,16)14-9-5-7-12(11-14)17-4-2/h12-13H,3-11H2,1-2H3. The van der Waals surface area contributed by atoms with Crippen LogP contribution in [0.15, 0.2) is 0 Å². The van der Waals surface area contributed by atoms with Gasteiger partial charge in [-0.05, 0) is 39.3 Å². The number of ether oxygens (including phenoxy) is 1. The molecule has 0 amide bonds. The van der Waals surface area contributed by atoms with Crippen LogP contribution in [0.2, 0.25) is 0 Å². The number of hydrogen-bond acceptors (Lipinski definition) is 4. The fraction of sp³-hybridized carbons (Fsp3) is 1.00. The van der Waals surface area contributed by atoms with Gasteiger partial charge < -0.3 is 10.1 Å². The molecule has 0 aromatic carbocycles. The summed E-state index contributed by atoms with van der Waals surface area (Å²) in [4.78, 5) is 0. The zero-order valence-corrected chi connectivity index (χ0v) is 12.3. The average Bonchev–Trinajstić information content (AvgIpc) is 2.36. The molecule has 0 aromatic rings. The van der Waals surface area contributed by atoms with Crippen LogP contribution in [0.3, 0.4) is 0 Å². The number of nitrogens with one attached hydrogen (secondary N) is 1. The van der Waals surface area contributed by atoms with Gasteiger partial charge in [0.05, 0.1) is 11.9 Å². The topological polar surface area (TPSA) is 58.6 Å². The minimum atomic E-state index is -3.10. The van der Waals surface area contributed by atoms with E-state index in [0.29, 0.717) is 26.1 Å². The molecule has 1 heterocycles. The van der Waals surface area contributed by atoms with Crippen molar-refractivity contribution >= 4 is 10.0 Å². The van der Waals surface area contributed by atoms with Gasteiger partial charge in [-0.3, -0.25) is 0 Å². The highest BCUT2D eigenvalue weighted by Gasteiger charge is 2.28.